The Balaban J connectivity index is 1.60. The minimum Gasteiger partial charge on any atom is -0.271 e. The number of nitrogens with one attached hydrogen (secondary N) is 1. The van der Waals surface area contributed by atoms with Crippen LogP contribution in [0.5, 0.6) is 0 Å². The van der Waals surface area contributed by atoms with Crippen LogP contribution in [-0.2, 0) is 6.54 Å². The highest BCUT2D eigenvalue weighted by Gasteiger charge is 2.67. The summed E-state index contributed by atoms with van der Waals surface area (Å²) < 4.78 is 2.08. The lowest BCUT2D eigenvalue weighted by Gasteiger charge is -2.20. The van der Waals surface area contributed by atoms with E-state index in [1.165, 1.54) is 25.0 Å². The summed E-state index contributed by atoms with van der Waals surface area (Å²) in [5, 5.41) is 4.38. The average Bonchev–Trinajstić information content (AvgIpc) is 2.80. The van der Waals surface area contributed by atoms with E-state index in [0.29, 0.717) is 6.04 Å². The Bertz CT molecular complexity index is 438. The van der Waals surface area contributed by atoms with Crippen molar-refractivity contribution in [3.05, 3.63) is 18.0 Å². The third kappa shape index (κ3) is 1.30. The van der Waals surface area contributed by atoms with Crippen LogP contribution in [0.15, 0.2) is 12.3 Å². The third-order valence-electron chi connectivity index (χ3n) is 5.73. The molecule has 4 rings (SSSR count). The van der Waals surface area contributed by atoms with E-state index in [0.717, 1.165) is 36.1 Å². The second-order valence-corrected chi connectivity index (χ2v) is 6.28. The van der Waals surface area contributed by atoms with E-state index >= 15 is 0 Å². The van der Waals surface area contributed by atoms with Gasteiger partial charge in [-0.25, -0.2) is 0 Å². The van der Waals surface area contributed by atoms with Crippen LogP contribution in [0, 0.1) is 29.6 Å². The Hall–Kier alpha value is -0.870. The summed E-state index contributed by atoms with van der Waals surface area (Å²) >= 11 is 0. The van der Waals surface area contributed by atoms with Gasteiger partial charge in [0.15, 0.2) is 0 Å². The molecule has 5 unspecified atom stereocenters. The first kappa shape index (κ1) is 11.0. The van der Waals surface area contributed by atoms with Gasteiger partial charge < -0.3 is 0 Å². The molecule has 3 aliphatic rings. The monoisotopic (exact) mass is 246 g/mol. The summed E-state index contributed by atoms with van der Waals surface area (Å²) in [6.07, 6.45) is 6.32. The first-order chi connectivity index (χ1) is 8.85. The predicted molar refractivity (Wildman–Crippen MR) is 69.3 cm³/mol. The molecule has 2 bridgehead atoms. The fraction of sp³-hybridized carbons (Fsp3) is 0.786. The van der Waals surface area contributed by atoms with Crippen molar-refractivity contribution in [2.24, 2.45) is 35.4 Å². The Morgan fingerprint density at radius 1 is 1.44 bits per heavy atom. The number of aromatic nitrogens is 2. The molecule has 1 aromatic heterocycles. The topological polar surface area (TPSA) is 55.9 Å². The fourth-order valence-corrected chi connectivity index (χ4v) is 5.10. The van der Waals surface area contributed by atoms with Gasteiger partial charge in [0.2, 0.25) is 0 Å². The number of nitrogens with zero attached hydrogens (tertiary/aromatic N) is 2. The van der Waals surface area contributed by atoms with Gasteiger partial charge in [-0.15, -0.1) is 0 Å². The summed E-state index contributed by atoms with van der Waals surface area (Å²) in [5.74, 6) is 10.5. The zero-order valence-electron chi connectivity index (χ0n) is 10.9. The van der Waals surface area contributed by atoms with Crippen LogP contribution in [0.1, 0.15) is 37.9 Å². The van der Waals surface area contributed by atoms with E-state index in [1.807, 2.05) is 6.20 Å². The van der Waals surface area contributed by atoms with Crippen LogP contribution in [0.3, 0.4) is 0 Å². The van der Waals surface area contributed by atoms with Crippen molar-refractivity contribution in [3.63, 3.8) is 0 Å². The zero-order valence-corrected chi connectivity index (χ0v) is 10.9. The van der Waals surface area contributed by atoms with Gasteiger partial charge in [-0.1, -0.05) is 0 Å². The Labute approximate surface area is 108 Å². The molecular formula is C14H22N4. The summed E-state index contributed by atoms with van der Waals surface area (Å²) in [6.45, 7) is 3.07. The van der Waals surface area contributed by atoms with Crippen LogP contribution in [-0.4, -0.2) is 9.78 Å². The summed E-state index contributed by atoms with van der Waals surface area (Å²) in [7, 11) is 0. The number of hydrazine groups is 1. The van der Waals surface area contributed by atoms with Crippen LogP contribution in [0.4, 0.5) is 0 Å². The zero-order chi connectivity index (χ0) is 12.3. The molecule has 0 saturated heterocycles. The largest absolute Gasteiger partial charge is 0.271 e. The predicted octanol–water partition coefficient (Wildman–Crippen LogP) is 1.70. The average molecular weight is 246 g/mol. The smallest absolute Gasteiger partial charge is 0.0662 e. The molecule has 0 amide bonds. The Kier molecular flexibility index (Phi) is 2.33. The van der Waals surface area contributed by atoms with E-state index in [9.17, 15) is 0 Å². The number of aryl methyl sites for hydroxylation is 1. The summed E-state index contributed by atoms with van der Waals surface area (Å²) in [4.78, 5) is 0. The second kappa shape index (κ2) is 3.81. The molecule has 4 heteroatoms. The molecule has 1 aromatic rings. The van der Waals surface area contributed by atoms with Crippen molar-refractivity contribution in [3.8, 4) is 0 Å². The van der Waals surface area contributed by atoms with Gasteiger partial charge in [0, 0.05) is 12.7 Å². The molecule has 5 atom stereocenters. The molecule has 3 fully saturated rings. The maximum Gasteiger partial charge on any atom is 0.0662 e. The molecular weight excluding hydrogens is 224 g/mol. The fourth-order valence-electron chi connectivity index (χ4n) is 5.10. The third-order valence-corrected chi connectivity index (χ3v) is 5.73. The van der Waals surface area contributed by atoms with Gasteiger partial charge >= 0.3 is 0 Å². The number of hydrogen-bond donors (Lipinski definition) is 2. The number of hydrogen-bond acceptors (Lipinski definition) is 3. The molecule has 98 valence electrons. The van der Waals surface area contributed by atoms with Crippen molar-refractivity contribution in [1.82, 2.24) is 15.2 Å². The minimum absolute atomic E-state index is 0.311. The first-order valence-corrected chi connectivity index (χ1v) is 7.33. The molecule has 0 spiro atoms. The van der Waals surface area contributed by atoms with Gasteiger partial charge in [0.05, 0.1) is 11.7 Å². The standard InChI is InChI=1S/C14H22N4/c1-2-18-10(5-6-16-18)14(17-15)13-11-8-3-4-9(7-8)12(11)13/h5-6,8-9,11-14,17H,2-4,7,15H2,1H3. The van der Waals surface area contributed by atoms with Crippen molar-refractivity contribution in [2.75, 3.05) is 0 Å². The summed E-state index contributed by atoms with van der Waals surface area (Å²) in [6, 6.07) is 2.44. The van der Waals surface area contributed by atoms with E-state index in [2.05, 4.69) is 28.2 Å². The highest BCUT2D eigenvalue weighted by Crippen LogP contribution is 2.72. The van der Waals surface area contributed by atoms with Gasteiger partial charge in [-0.05, 0) is 61.8 Å². The Morgan fingerprint density at radius 2 is 2.17 bits per heavy atom. The van der Waals surface area contributed by atoms with Crippen molar-refractivity contribution >= 4 is 0 Å². The normalized spacial score (nSPS) is 42.0. The van der Waals surface area contributed by atoms with Crippen LogP contribution in [0.25, 0.3) is 0 Å². The first-order valence-electron chi connectivity index (χ1n) is 7.33. The second-order valence-electron chi connectivity index (χ2n) is 6.28. The highest BCUT2D eigenvalue weighted by atomic mass is 15.3. The van der Waals surface area contributed by atoms with Crippen molar-refractivity contribution in [2.45, 2.75) is 38.8 Å². The molecule has 18 heavy (non-hydrogen) atoms. The number of rotatable bonds is 4. The van der Waals surface area contributed by atoms with Gasteiger partial charge in [-0.2, -0.15) is 5.10 Å². The number of nitrogens with two attached hydrogens (primary N) is 1. The summed E-state index contributed by atoms with van der Waals surface area (Å²) in [5.41, 5.74) is 4.35. The van der Waals surface area contributed by atoms with E-state index < -0.39 is 0 Å². The van der Waals surface area contributed by atoms with E-state index in [-0.39, 0.29) is 0 Å². The van der Waals surface area contributed by atoms with Crippen LogP contribution < -0.4 is 11.3 Å². The number of fused-ring (bicyclic) bond motifs is 5. The molecule has 0 aliphatic heterocycles. The molecule has 4 nitrogen and oxygen atoms in total. The van der Waals surface area contributed by atoms with E-state index in [1.54, 1.807) is 0 Å². The minimum atomic E-state index is 0.311. The van der Waals surface area contributed by atoms with Gasteiger partial charge in [0.1, 0.15) is 0 Å². The molecule has 1 heterocycles. The SMILES string of the molecule is CCn1nccc1C(NN)C1C2C3CCC(C3)C21. The van der Waals surface area contributed by atoms with Gasteiger partial charge in [-0.3, -0.25) is 16.0 Å². The molecule has 3 N–H and O–H groups in total. The van der Waals surface area contributed by atoms with E-state index in [4.69, 9.17) is 5.84 Å². The van der Waals surface area contributed by atoms with Crippen LogP contribution >= 0.6 is 0 Å². The lowest BCUT2D eigenvalue weighted by atomic mass is 9.96. The lowest BCUT2D eigenvalue weighted by molar-refractivity contribution is 0.357. The van der Waals surface area contributed by atoms with Crippen molar-refractivity contribution < 1.29 is 0 Å². The van der Waals surface area contributed by atoms with Crippen molar-refractivity contribution in [1.29, 1.82) is 0 Å². The highest BCUT2D eigenvalue weighted by molar-refractivity contribution is 5.21. The molecule has 0 radical (unpaired) electrons. The Morgan fingerprint density at radius 3 is 2.78 bits per heavy atom. The molecule has 0 aromatic carbocycles. The lowest BCUT2D eigenvalue weighted by Crippen LogP contribution is -2.33. The van der Waals surface area contributed by atoms with Crippen LogP contribution in [0.2, 0.25) is 0 Å². The van der Waals surface area contributed by atoms with Gasteiger partial charge in [0.25, 0.3) is 0 Å². The molecule has 3 saturated carbocycles. The maximum atomic E-state index is 5.85. The molecule has 3 aliphatic carbocycles. The quantitative estimate of drug-likeness (QED) is 0.628. The maximum absolute atomic E-state index is 5.85.